The molecule has 0 spiro atoms. The molecule has 0 saturated carbocycles. The molecule has 0 aliphatic rings. The summed E-state index contributed by atoms with van der Waals surface area (Å²) in [6, 6.07) is 10.1. The topological polar surface area (TPSA) is 67.9 Å². The fourth-order valence-corrected chi connectivity index (χ4v) is 3.38. The number of likely N-dealkylation sites (N-methyl/N-ethyl adjacent to an activating group) is 1. The first-order valence-electron chi connectivity index (χ1n) is 9.46. The number of nitrogens with one attached hydrogen (secondary N) is 1. The smallest absolute Gasteiger partial charge is 0.242 e. The molecule has 1 atom stereocenters. The predicted molar refractivity (Wildman–Crippen MR) is 118 cm³/mol. The summed E-state index contributed by atoms with van der Waals surface area (Å²) in [5, 5.41) is 3.44. The van der Waals surface area contributed by atoms with Gasteiger partial charge in [0.1, 0.15) is 6.04 Å². The first-order chi connectivity index (χ1) is 14.3. The van der Waals surface area contributed by atoms with Crippen LogP contribution in [0.15, 0.2) is 36.4 Å². The van der Waals surface area contributed by atoms with Crippen molar-refractivity contribution in [3.8, 4) is 11.5 Å². The van der Waals surface area contributed by atoms with E-state index in [1.165, 1.54) is 0 Å². The standard InChI is InChI=1S/C22H26Cl2N2O4/c1-14(22(28)25-2)26(13-16-5-8-17(23)18(24)11-16)21(27)10-7-15-6-9-19(29-3)20(12-15)30-4/h5-6,8-9,11-12,14H,7,10,13H2,1-4H3,(H,25,28)/t14-/m0/s1. The number of carbonyl (C=O) groups excluding carboxylic acids is 2. The summed E-state index contributed by atoms with van der Waals surface area (Å²) in [4.78, 5) is 26.8. The van der Waals surface area contributed by atoms with Crippen LogP contribution >= 0.6 is 23.2 Å². The second-order valence-electron chi connectivity index (χ2n) is 6.75. The zero-order valence-corrected chi connectivity index (χ0v) is 19.0. The molecule has 0 aliphatic heterocycles. The molecule has 2 amide bonds. The van der Waals surface area contributed by atoms with E-state index in [4.69, 9.17) is 32.7 Å². The fraction of sp³-hybridized carbons (Fsp3) is 0.364. The van der Waals surface area contributed by atoms with E-state index in [1.54, 1.807) is 57.4 Å². The molecule has 2 aromatic carbocycles. The average Bonchev–Trinajstić information content (AvgIpc) is 2.76. The van der Waals surface area contributed by atoms with Gasteiger partial charge in [-0.2, -0.15) is 0 Å². The minimum absolute atomic E-state index is 0.146. The maximum atomic E-state index is 13.0. The minimum Gasteiger partial charge on any atom is -0.493 e. The molecule has 0 radical (unpaired) electrons. The van der Waals surface area contributed by atoms with Crippen molar-refractivity contribution in [1.29, 1.82) is 0 Å². The first kappa shape index (κ1) is 23.8. The van der Waals surface area contributed by atoms with E-state index in [0.717, 1.165) is 11.1 Å². The van der Waals surface area contributed by atoms with Crippen LogP contribution in [-0.2, 0) is 22.6 Å². The van der Waals surface area contributed by atoms with Gasteiger partial charge >= 0.3 is 0 Å². The van der Waals surface area contributed by atoms with Gasteiger partial charge in [0, 0.05) is 20.0 Å². The van der Waals surface area contributed by atoms with Gasteiger partial charge in [-0.25, -0.2) is 0 Å². The Morgan fingerprint density at radius 3 is 2.27 bits per heavy atom. The maximum Gasteiger partial charge on any atom is 0.242 e. The van der Waals surface area contributed by atoms with Crippen molar-refractivity contribution in [2.75, 3.05) is 21.3 Å². The predicted octanol–water partition coefficient (Wildman–Crippen LogP) is 4.11. The van der Waals surface area contributed by atoms with E-state index in [0.29, 0.717) is 28.0 Å². The van der Waals surface area contributed by atoms with Crippen LogP contribution in [-0.4, -0.2) is 44.0 Å². The van der Waals surface area contributed by atoms with E-state index >= 15 is 0 Å². The number of aryl methyl sites for hydroxylation is 1. The van der Waals surface area contributed by atoms with Crippen LogP contribution in [0.4, 0.5) is 0 Å². The molecule has 0 bridgehead atoms. The van der Waals surface area contributed by atoms with E-state index in [2.05, 4.69) is 5.32 Å². The van der Waals surface area contributed by atoms with Crippen LogP contribution in [0.1, 0.15) is 24.5 Å². The molecule has 0 aromatic heterocycles. The highest BCUT2D eigenvalue weighted by Gasteiger charge is 2.25. The molecule has 2 aromatic rings. The van der Waals surface area contributed by atoms with E-state index in [-0.39, 0.29) is 24.8 Å². The lowest BCUT2D eigenvalue weighted by Crippen LogP contribution is -2.46. The van der Waals surface area contributed by atoms with Gasteiger partial charge in [0.2, 0.25) is 11.8 Å². The lowest BCUT2D eigenvalue weighted by Gasteiger charge is -2.28. The van der Waals surface area contributed by atoms with Gasteiger partial charge in [0.25, 0.3) is 0 Å². The molecular formula is C22H26Cl2N2O4. The number of benzene rings is 2. The van der Waals surface area contributed by atoms with Gasteiger partial charge in [0.05, 0.1) is 24.3 Å². The maximum absolute atomic E-state index is 13.0. The molecular weight excluding hydrogens is 427 g/mol. The van der Waals surface area contributed by atoms with Crippen LogP contribution in [0, 0.1) is 0 Å². The third kappa shape index (κ3) is 6.03. The van der Waals surface area contributed by atoms with Gasteiger partial charge in [-0.15, -0.1) is 0 Å². The second-order valence-corrected chi connectivity index (χ2v) is 7.56. The quantitative estimate of drug-likeness (QED) is 0.621. The lowest BCUT2D eigenvalue weighted by molar-refractivity contribution is -0.140. The fourth-order valence-electron chi connectivity index (χ4n) is 3.06. The number of nitrogens with zero attached hydrogens (tertiary/aromatic N) is 1. The number of hydrogen-bond donors (Lipinski definition) is 1. The molecule has 0 fully saturated rings. The summed E-state index contributed by atoms with van der Waals surface area (Å²) in [6.45, 7) is 1.95. The Bertz CT molecular complexity index is 905. The van der Waals surface area contributed by atoms with Gasteiger partial charge in [0.15, 0.2) is 11.5 Å². The van der Waals surface area contributed by atoms with Gasteiger partial charge < -0.3 is 19.7 Å². The lowest BCUT2D eigenvalue weighted by atomic mass is 10.1. The highest BCUT2D eigenvalue weighted by Crippen LogP contribution is 2.28. The van der Waals surface area contributed by atoms with E-state index < -0.39 is 6.04 Å². The first-order valence-corrected chi connectivity index (χ1v) is 10.2. The van der Waals surface area contributed by atoms with Crippen LogP contribution in [0.2, 0.25) is 10.0 Å². The number of hydrogen-bond acceptors (Lipinski definition) is 4. The molecule has 0 saturated heterocycles. The van der Waals surface area contributed by atoms with Crippen molar-refractivity contribution in [1.82, 2.24) is 10.2 Å². The van der Waals surface area contributed by atoms with Crippen molar-refractivity contribution in [2.45, 2.75) is 32.4 Å². The van der Waals surface area contributed by atoms with Crippen LogP contribution < -0.4 is 14.8 Å². The summed E-state index contributed by atoms with van der Waals surface area (Å²) in [5.74, 6) is 0.845. The number of ether oxygens (including phenoxy) is 2. The highest BCUT2D eigenvalue weighted by atomic mass is 35.5. The van der Waals surface area contributed by atoms with Gasteiger partial charge in [-0.05, 0) is 48.7 Å². The molecule has 1 N–H and O–H groups in total. The number of methoxy groups -OCH3 is 2. The van der Waals surface area contributed by atoms with Crippen LogP contribution in [0.5, 0.6) is 11.5 Å². The van der Waals surface area contributed by atoms with Crippen molar-refractivity contribution in [3.05, 3.63) is 57.6 Å². The molecule has 162 valence electrons. The number of amides is 2. The highest BCUT2D eigenvalue weighted by molar-refractivity contribution is 6.42. The monoisotopic (exact) mass is 452 g/mol. The largest absolute Gasteiger partial charge is 0.493 e. The third-order valence-electron chi connectivity index (χ3n) is 4.83. The average molecular weight is 453 g/mol. The van der Waals surface area contributed by atoms with Crippen LogP contribution in [0.25, 0.3) is 0 Å². The zero-order valence-electron chi connectivity index (χ0n) is 17.5. The Hall–Kier alpha value is -2.44. The van der Waals surface area contributed by atoms with Crippen molar-refractivity contribution >= 4 is 35.0 Å². The van der Waals surface area contributed by atoms with Crippen molar-refractivity contribution < 1.29 is 19.1 Å². The third-order valence-corrected chi connectivity index (χ3v) is 5.57. The number of halogens is 2. The Kier molecular flexibility index (Phi) is 8.81. The summed E-state index contributed by atoms with van der Waals surface area (Å²) >= 11 is 12.1. The molecule has 0 aliphatic carbocycles. The molecule has 2 rings (SSSR count). The normalized spacial score (nSPS) is 11.5. The second kappa shape index (κ2) is 11.1. The van der Waals surface area contributed by atoms with Crippen molar-refractivity contribution in [2.24, 2.45) is 0 Å². The van der Waals surface area contributed by atoms with Gasteiger partial charge in [-0.3, -0.25) is 9.59 Å². The Labute approximate surface area is 187 Å². The Balaban J connectivity index is 2.17. The zero-order chi connectivity index (χ0) is 22.3. The summed E-state index contributed by atoms with van der Waals surface area (Å²) < 4.78 is 10.6. The van der Waals surface area contributed by atoms with Crippen LogP contribution in [0.3, 0.4) is 0 Å². The molecule has 0 heterocycles. The SMILES string of the molecule is CNC(=O)[C@H](C)N(Cc1ccc(Cl)c(Cl)c1)C(=O)CCc1ccc(OC)c(OC)c1. The Morgan fingerprint density at radius 2 is 1.67 bits per heavy atom. The number of carbonyl (C=O) groups is 2. The molecule has 30 heavy (non-hydrogen) atoms. The van der Waals surface area contributed by atoms with E-state index in [9.17, 15) is 9.59 Å². The molecule has 0 unspecified atom stereocenters. The van der Waals surface area contributed by atoms with E-state index in [1.807, 2.05) is 12.1 Å². The summed E-state index contributed by atoms with van der Waals surface area (Å²) in [5.41, 5.74) is 1.72. The van der Waals surface area contributed by atoms with Gasteiger partial charge in [-0.1, -0.05) is 35.3 Å². The summed E-state index contributed by atoms with van der Waals surface area (Å²) in [6.07, 6.45) is 0.732. The summed E-state index contributed by atoms with van der Waals surface area (Å²) in [7, 11) is 4.68. The Morgan fingerprint density at radius 1 is 1.00 bits per heavy atom. The number of rotatable bonds is 9. The minimum atomic E-state index is -0.637. The molecule has 6 nitrogen and oxygen atoms in total. The molecule has 8 heteroatoms. The van der Waals surface area contributed by atoms with Crippen molar-refractivity contribution in [3.63, 3.8) is 0 Å².